The topological polar surface area (TPSA) is 56.8 Å². The second-order valence-electron chi connectivity index (χ2n) is 16.7. The number of rotatable bonds is 38. The molecule has 0 aromatic heterocycles. The third-order valence-electron chi connectivity index (χ3n) is 11.5. The maximum atomic E-state index is 13.6. The predicted octanol–water partition coefficient (Wildman–Crippen LogP) is 14.7. The Labute approximate surface area is 355 Å². The van der Waals surface area contributed by atoms with E-state index in [1.54, 1.807) is 0 Å². The number of nitrogens with one attached hydrogen (secondary N) is 1. The van der Waals surface area contributed by atoms with Gasteiger partial charge in [0, 0.05) is 6.42 Å². The van der Waals surface area contributed by atoms with Crippen LogP contribution >= 0.6 is 0 Å². The summed E-state index contributed by atoms with van der Waals surface area (Å²) in [7, 11) is 0. The van der Waals surface area contributed by atoms with Gasteiger partial charge in [-0.05, 0) is 29.5 Å². The average molecular weight is 798 g/mol. The van der Waals surface area contributed by atoms with E-state index in [0.717, 1.165) is 48.8 Å². The van der Waals surface area contributed by atoms with E-state index >= 15 is 0 Å². The van der Waals surface area contributed by atoms with Gasteiger partial charge < -0.3 is 19.5 Å². The van der Waals surface area contributed by atoms with Gasteiger partial charge in [0.2, 0.25) is 5.91 Å². The summed E-state index contributed by atoms with van der Waals surface area (Å²) in [6.07, 6.45) is 31.3. The minimum Gasteiger partial charge on any atom is -0.375 e. The second kappa shape index (κ2) is 34.8. The fraction of sp³-hybridized carbons (Fsp3) is 0.642. The lowest BCUT2D eigenvalue weighted by Crippen LogP contribution is -2.53. The number of ether oxygens (including phenoxy) is 3. The second-order valence-corrected chi connectivity index (χ2v) is 16.7. The summed E-state index contributed by atoms with van der Waals surface area (Å²) < 4.78 is 19.8. The zero-order valence-electron chi connectivity index (χ0n) is 37.0. The highest BCUT2D eigenvalue weighted by Gasteiger charge is 2.33. The Hall–Kier alpha value is -2.99. The third-order valence-corrected chi connectivity index (χ3v) is 11.5. The number of amides is 1. The summed E-state index contributed by atoms with van der Waals surface area (Å²) in [4.78, 5) is 13.6. The molecule has 5 heteroatoms. The third kappa shape index (κ3) is 24.8. The first-order valence-corrected chi connectivity index (χ1v) is 23.9. The van der Waals surface area contributed by atoms with Crippen LogP contribution in [-0.4, -0.2) is 30.8 Å². The summed E-state index contributed by atoms with van der Waals surface area (Å²) in [5.74, 6) is 0.0664. The van der Waals surface area contributed by atoms with Crippen LogP contribution in [0.15, 0.2) is 91.0 Å². The molecule has 0 saturated carbocycles. The molecule has 3 atom stereocenters. The standard InChI is InChI=1S/C53H83NO4/c1-3-5-7-8-9-10-11-12-13-14-15-16-17-18-19-20-21-22-23-24-34-42-52(55)54-50(46-56-43-47-35-28-25-29-36-47)53(58-45-49-39-32-27-33-40-49)51(41-6-4-2)57-44-48-37-30-26-31-38-48/h25-33,35-40,50-51,53H,3-24,34,41-46H2,1-2H3,(H,54,55)/t50-,51+,53-/m0/s1. The van der Waals surface area contributed by atoms with Crippen LogP contribution in [0.3, 0.4) is 0 Å². The molecule has 58 heavy (non-hydrogen) atoms. The van der Waals surface area contributed by atoms with Crippen molar-refractivity contribution in [2.75, 3.05) is 6.61 Å². The van der Waals surface area contributed by atoms with Crippen LogP contribution in [0.5, 0.6) is 0 Å². The van der Waals surface area contributed by atoms with Crippen LogP contribution in [0.4, 0.5) is 0 Å². The van der Waals surface area contributed by atoms with Crippen molar-refractivity contribution in [3.63, 3.8) is 0 Å². The Kier molecular flexibility index (Phi) is 29.7. The summed E-state index contributed by atoms with van der Waals surface area (Å²) in [5.41, 5.74) is 3.33. The molecule has 0 aliphatic carbocycles. The largest absolute Gasteiger partial charge is 0.375 e. The molecule has 324 valence electrons. The first-order chi connectivity index (χ1) is 28.7. The highest BCUT2D eigenvalue weighted by Crippen LogP contribution is 2.22. The number of carbonyl (C=O) groups is 1. The minimum absolute atomic E-state index is 0.0664. The van der Waals surface area contributed by atoms with Crippen LogP contribution in [0.2, 0.25) is 0 Å². The summed E-state index contributed by atoms with van der Waals surface area (Å²) in [5, 5.41) is 3.39. The average Bonchev–Trinajstić information content (AvgIpc) is 3.25. The SMILES string of the molecule is CCCCCCCCCCCCCCCCCCCCCCCC(=O)N[C@@H](COCc1ccccc1)[C@H](OCc1ccccc1)[C@@H](CCCC)OCc1ccccc1. The molecule has 3 aromatic carbocycles. The number of benzene rings is 3. The van der Waals surface area contributed by atoms with E-state index in [4.69, 9.17) is 14.2 Å². The molecule has 0 heterocycles. The zero-order chi connectivity index (χ0) is 41.0. The molecule has 0 bridgehead atoms. The van der Waals surface area contributed by atoms with Crippen molar-refractivity contribution in [3.8, 4) is 0 Å². The van der Waals surface area contributed by atoms with Crippen LogP contribution in [0, 0.1) is 0 Å². The first kappa shape index (κ1) is 49.4. The first-order valence-electron chi connectivity index (χ1n) is 23.9. The monoisotopic (exact) mass is 798 g/mol. The van der Waals surface area contributed by atoms with Gasteiger partial charge in [-0.1, -0.05) is 246 Å². The molecule has 0 fully saturated rings. The van der Waals surface area contributed by atoms with Crippen molar-refractivity contribution < 1.29 is 19.0 Å². The van der Waals surface area contributed by atoms with Gasteiger partial charge in [0.25, 0.3) is 0 Å². The fourth-order valence-corrected chi connectivity index (χ4v) is 7.87. The van der Waals surface area contributed by atoms with Crippen molar-refractivity contribution in [2.24, 2.45) is 0 Å². The molecule has 3 aromatic rings. The van der Waals surface area contributed by atoms with E-state index < -0.39 is 0 Å². The Balaban J connectivity index is 1.41. The van der Waals surface area contributed by atoms with Gasteiger partial charge in [-0.2, -0.15) is 0 Å². The lowest BCUT2D eigenvalue weighted by molar-refractivity contribution is -0.132. The van der Waals surface area contributed by atoms with Gasteiger partial charge in [0.05, 0.1) is 38.6 Å². The summed E-state index contributed by atoms with van der Waals surface area (Å²) in [6, 6.07) is 30.5. The van der Waals surface area contributed by atoms with E-state index in [1.807, 2.05) is 54.6 Å². The Morgan fingerprint density at radius 1 is 0.466 bits per heavy atom. The molecule has 0 radical (unpaired) electrons. The zero-order valence-corrected chi connectivity index (χ0v) is 37.0. The Morgan fingerprint density at radius 3 is 1.28 bits per heavy atom. The number of hydrogen-bond acceptors (Lipinski definition) is 4. The van der Waals surface area contributed by atoms with Crippen molar-refractivity contribution in [3.05, 3.63) is 108 Å². The van der Waals surface area contributed by atoms with E-state index in [1.165, 1.54) is 122 Å². The molecule has 0 aliphatic heterocycles. The molecule has 0 unspecified atom stereocenters. The minimum atomic E-state index is -0.380. The van der Waals surface area contributed by atoms with E-state index in [0.29, 0.717) is 32.8 Å². The number of unbranched alkanes of at least 4 members (excludes halogenated alkanes) is 21. The van der Waals surface area contributed by atoms with Crippen LogP contribution < -0.4 is 5.32 Å². The highest BCUT2D eigenvalue weighted by molar-refractivity contribution is 5.76. The molecule has 3 rings (SSSR count). The quantitative estimate of drug-likeness (QED) is 0.0587. The number of carbonyl (C=O) groups excluding carboxylic acids is 1. The molecule has 0 saturated heterocycles. The maximum absolute atomic E-state index is 13.6. The normalized spacial score (nSPS) is 13.0. The van der Waals surface area contributed by atoms with Crippen LogP contribution in [0.1, 0.15) is 191 Å². The maximum Gasteiger partial charge on any atom is 0.220 e. The molecular weight excluding hydrogens is 715 g/mol. The molecule has 5 nitrogen and oxygen atoms in total. The van der Waals surface area contributed by atoms with Crippen molar-refractivity contribution in [1.82, 2.24) is 5.32 Å². The highest BCUT2D eigenvalue weighted by atomic mass is 16.5. The fourth-order valence-electron chi connectivity index (χ4n) is 7.87. The molecule has 1 amide bonds. The Morgan fingerprint density at radius 2 is 0.845 bits per heavy atom. The van der Waals surface area contributed by atoms with Gasteiger partial charge in [-0.15, -0.1) is 0 Å². The van der Waals surface area contributed by atoms with E-state index in [-0.39, 0.29) is 24.2 Å². The molecule has 0 aliphatic rings. The lowest BCUT2D eigenvalue weighted by Gasteiger charge is -2.34. The lowest BCUT2D eigenvalue weighted by atomic mass is 9.99. The van der Waals surface area contributed by atoms with Gasteiger partial charge in [0.15, 0.2) is 0 Å². The molecule has 1 N–H and O–H groups in total. The van der Waals surface area contributed by atoms with Crippen molar-refractivity contribution >= 4 is 5.91 Å². The smallest absolute Gasteiger partial charge is 0.220 e. The molecule has 0 spiro atoms. The van der Waals surface area contributed by atoms with Gasteiger partial charge >= 0.3 is 0 Å². The molecular formula is C53H83NO4. The summed E-state index contributed by atoms with van der Waals surface area (Å²) >= 11 is 0. The van der Waals surface area contributed by atoms with E-state index in [2.05, 4.69) is 55.6 Å². The summed E-state index contributed by atoms with van der Waals surface area (Å²) in [6.45, 7) is 6.25. The Bertz CT molecular complexity index is 1340. The predicted molar refractivity (Wildman–Crippen MR) is 245 cm³/mol. The van der Waals surface area contributed by atoms with Gasteiger partial charge in [0.1, 0.15) is 6.10 Å². The van der Waals surface area contributed by atoms with Crippen LogP contribution in [0.25, 0.3) is 0 Å². The van der Waals surface area contributed by atoms with Crippen LogP contribution in [-0.2, 0) is 38.8 Å². The van der Waals surface area contributed by atoms with Crippen molar-refractivity contribution in [2.45, 2.75) is 212 Å². The van der Waals surface area contributed by atoms with Gasteiger partial charge in [-0.3, -0.25) is 4.79 Å². The van der Waals surface area contributed by atoms with Crippen molar-refractivity contribution in [1.29, 1.82) is 0 Å². The van der Waals surface area contributed by atoms with E-state index in [9.17, 15) is 4.79 Å². The number of hydrogen-bond donors (Lipinski definition) is 1. The van der Waals surface area contributed by atoms with Gasteiger partial charge in [-0.25, -0.2) is 0 Å².